The molecule has 0 saturated carbocycles. The van der Waals surface area contributed by atoms with Gasteiger partial charge >= 0.3 is 18.0 Å². The fourth-order valence-corrected chi connectivity index (χ4v) is 19.8. The number of allylic oxidation sites excluding steroid dienone is 1. The summed E-state index contributed by atoms with van der Waals surface area (Å²) in [4.78, 5) is 105. The summed E-state index contributed by atoms with van der Waals surface area (Å²) in [5, 5.41) is 36.1. The number of likely N-dealkylation sites (N-methyl/N-ethyl adjacent to an activating group) is 1. The molecule has 8 aliphatic rings. The Labute approximate surface area is 758 Å². The first kappa shape index (κ1) is 90.8. The molecule has 4 atom stereocenters. The number of piperazine rings is 3. The zero-order valence-electron chi connectivity index (χ0n) is 75.9. The molecule has 5 fully saturated rings. The quantitative estimate of drug-likeness (QED) is 0.0401. The number of aryl methyl sites for hydroxylation is 3. The van der Waals surface area contributed by atoms with Gasteiger partial charge in [0.1, 0.15) is 30.7 Å². The van der Waals surface area contributed by atoms with Crippen LogP contribution in [0.5, 0.6) is 18.0 Å². The number of anilines is 6. The van der Waals surface area contributed by atoms with Crippen LogP contribution < -0.4 is 43.6 Å². The van der Waals surface area contributed by atoms with E-state index in [-0.39, 0.29) is 80.1 Å². The van der Waals surface area contributed by atoms with Crippen LogP contribution in [0, 0.1) is 54.8 Å². The number of nitrogens with zero attached hydrogens (tertiary/aromatic N) is 21. The smallest absolute Gasteiger partial charge is 0.318 e. The van der Waals surface area contributed by atoms with E-state index in [0.29, 0.717) is 110 Å². The van der Waals surface area contributed by atoms with Crippen LogP contribution in [0.3, 0.4) is 0 Å². The fraction of sp³-hybridized carbons (Fsp3) is 0.455. The third-order valence-corrected chi connectivity index (χ3v) is 26.6. The van der Waals surface area contributed by atoms with Crippen LogP contribution in [0.15, 0.2) is 147 Å². The lowest BCUT2D eigenvalue weighted by atomic mass is 9.99. The average Bonchev–Trinajstić information content (AvgIpc) is 1.24. The lowest BCUT2D eigenvalue weighted by Gasteiger charge is -2.42. The number of hydrogen-bond donors (Lipinski definition) is 0. The van der Waals surface area contributed by atoms with Gasteiger partial charge in [-0.3, -0.25) is 19.2 Å². The highest BCUT2D eigenvalue weighted by atomic mass is 16.5. The monoisotopic (exact) mass is 1740 g/mol. The second kappa shape index (κ2) is 42.3. The van der Waals surface area contributed by atoms with Crippen LogP contribution in [0.25, 0.3) is 32.3 Å². The number of amides is 4. The van der Waals surface area contributed by atoms with Crippen LogP contribution >= 0.6 is 0 Å². The molecule has 8 aliphatic heterocycles. The number of ether oxygens (including phenoxy) is 3. The summed E-state index contributed by atoms with van der Waals surface area (Å²) < 4.78 is 18.5. The minimum atomic E-state index is -0.277. The van der Waals surface area contributed by atoms with Gasteiger partial charge in [-0.05, 0) is 175 Å². The molecular formula is C101H121N21O7. The minimum absolute atomic E-state index is 0.0342. The van der Waals surface area contributed by atoms with Gasteiger partial charge in [0.25, 0.3) is 0 Å². The number of fused-ring (bicyclic) bond motifs is 6. The van der Waals surface area contributed by atoms with E-state index in [9.17, 15) is 35.0 Å². The molecule has 129 heavy (non-hydrogen) atoms. The van der Waals surface area contributed by atoms with Gasteiger partial charge in [-0.1, -0.05) is 117 Å². The van der Waals surface area contributed by atoms with Crippen molar-refractivity contribution in [3.63, 3.8) is 0 Å². The highest BCUT2D eigenvalue weighted by Crippen LogP contribution is 2.41. The van der Waals surface area contributed by atoms with Crippen molar-refractivity contribution in [3.05, 3.63) is 197 Å². The van der Waals surface area contributed by atoms with Gasteiger partial charge in [-0.15, -0.1) is 0 Å². The van der Waals surface area contributed by atoms with Crippen molar-refractivity contribution >= 4 is 90.5 Å². The zero-order chi connectivity index (χ0) is 90.2. The molecule has 6 aromatic carbocycles. The van der Waals surface area contributed by atoms with E-state index in [4.69, 9.17) is 44.1 Å². The summed E-state index contributed by atoms with van der Waals surface area (Å²) in [6.45, 7) is 30.7. The Morgan fingerprint density at radius 1 is 0.457 bits per heavy atom. The van der Waals surface area contributed by atoms with Gasteiger partial charge < -0.3 is 73.0 Å². The Morgan fingerprint density at radius 2 is 0.845 bits per heavy atom. The fourth-order valence-electron chi connectivity index (χ4n) is 19.8. The number of likely N-dealkylation sites (tertiary alicyclic amines) is 2. The first-order valence-electron chi connectivity index (χ1n) is 45.9. The summed E-state index contributed by atoms with van der Waals surface area (Å²) in [6.07, 6.45) is 16.4. The van der Waals surface area contributed by atoms with Gasteiger partial charge in [0.2, 0.25) is 23.6 Å². The Hall–Kier alpha value is -13.0. The molecule has 5 saturated heterocycles. The second-order valence-electron chi connectivity index (χ2n) is 35.1. The second-order valence-corrected chi connectivity index (χ2v) is 35.1. The molecule has 0 aliphatic carbocycles. The van der Waals surface area contributed by atoms with Gasteiger partial charge in [-0.25, -0.2) is 0 Å². The van der Waals surface area contributed by atoms with Crippen LogP contribution in [-0.2, 0) is 58.1 Å². The van der Waals surface area contributed by atoms with Gasteiger partial charge in [0.15, 0.2) is 0 Å². The lowest BCUT2D eigenvalue weighted by molar-refractivity contribution is -0.129. The van der Waals surface area contributed by atoms with Crippen LogP contribution in [0.1, 0.15) is 122 Å². The molecule has 9 aromatic rings. The van der Waals surface area contributed by atoms with E-state index in [1.807, 2.05) is 11.8 Å². The predicted octanol–water partition coefficient (Wildman–Crippen LogP) is 12.8. The molecule has 0 bridgehead atoms. The van der Waals surface area contributed by atoms with E-state index in [1.54, 1.807) is 36.0 Å². The number of benzene rings is 6. The summed E-state index contributed by atoms with van der Waals surface area (Å²) in [5.41, 5.74) is 13.6. The van der Waals surface area contributed by atoms with Crippen LogP contribution in [0.2, 0.25) is 0 Å². The van der Waals surface area contributed by atoms with Crippen LogP contribution in [-0.4, -0.2) is 253 Å². The van der Waals surface area contributed by atoms with Crippen molar-refractivity contribution < 1.29 is 33.4 Å². The van der Waals surface area contributed by atoms with E-state index >= 15 is 0 Å². The first-order chi connectivity index (χ1) is 62.8. The van der Waals surface area contributed by atoms with Crippen molar-refractivity contribution in [2.45, 2.75) is 155 Å². The topological polar surface area (TPSA) is 284 Å². The molecule has 4 amide bonds. The van der Waals surface area contributed by atoms with E-state index in [1.165, 1.54) is 122 Å². The zero-order valence-corrected chi connectivity index (χ0v) is 75.9. The number of piperidine rings is 1. The van der Waals surface area contributed by atoms with Gasteiger partial charge in [0, 0.05) is 155 Å². The largest absolute Gasteiger partial charge is 0.463 e. The molecule has 0 spiro atoms. The highest BCUT2D eigenvalue weighted by Gasteiger charge is 2.39. The van der Waals surface area contributed by atoms with Crippen molar-refractivity contribution in [1.82, 2.24) is 59.3 Å². The molecule has 17 rings (SSSR count). The minimum Gasteiger partial charge on any atom is -0.463 e. The van der Waals surface area contributed by atoms with E-state index < -0.39 is 0 Å². The molecule has 672 valence electrons. The maximum absolute atomic E-state index is 12.8. The van der Waals surface area contributed by atoms with Crippen molar-refractivity contribution in [2.24, 2.45) is 0 Å². The standard InChI is InChI=1S/C35H43N7O2.C34H41N7O2.C32H37N7O3/c1-3-32(43)42-22-21-41(24-28(42)14-16-36)34-29-15-20-40(31-13-8-12-27-11-7-10-26(2)33(27)31)25-30(29)37-35(38-34)44-23-9-19-39-17-5-4-6-18-39;1-4-8-31(42)41-20-19-40(21-26(41)14-16-35)33-28-15-18-39(30-13-6-11-25-10-5-9-24(2)32(25)30)22-29(28)36-34(37-33)43-23-27-12-7-17-38(27)3;1-5-28(40)39-18-17-38(20-24(39)12-15-33)31-25-13-16-37(27-11-7-10-23-9-6-8-22(2)30(23)27)21-26(25)34-32(35-31)42-19-14-29(41)36(3)4/h3,7-8,10-13,28H,1,4-6,9,14-15,17-25H2,2H3;4-6,8-11,13,26-27H,7,12,14-15,17-23H2,1-3H3;5-11,24H,1,12-14,16-21H2,2-4H3/b;8-4+;/t28-;26-,27-;24-/m000/s1. The molecule has 0 radical (unpaired) electrons. The van der Waals surface area contributed by atoms with Gasteiger partial charge in [0.05, 0.1) is 105 Å². The number of hydrogen-bond acceptors (Lipinski definition) is 24. The Bertz CT molecular complexity index is 5740. The molecule has 28 nitrogen and oxygen atoms in total. The Balaban J connectivity index is 0.000000149. The molecule has 0 unspecified atom stereocenters. The van der Waals surface area contributed by atoms with Crippen molar-refractivity contribution in [2.75, 3.05) is 175 Å². The molecular weight excluding hydrogens is 1620 g/mol. The number of carbonyl (C=O) groups is 4. The highest BCUT2D eigenvalue weighted by molar-refractivity contribution is 5.99. The Kier molecular flexibility index (Phi) is 29.8. The maximum atomic E-state index is 12.8. The molecule has 0 N–H and O–H groups in total. The maximum Gasteiger partial charge on any atom is 0.318 e. The normalized spacial score (nSPS) is 18.8. The summed E-state index contributed by atoms with van der Waals surface area (Å²) in [5.74, 6) is 2.16. The summed E-state index contributed by atoms with van der Waals surface area (Å²) >= 11 is 0. The SMILES string of the molecule is C/C=C/C(=O)N1CCN(c2nc(OC[C@@H]3CCCN3C)nc3c2CCN(c2cccc4cccc(C)c24)C3)C[C@@H]1CC#N.C=CC(=O)N1CCN(c2nc(OCCC(=O)N(C)C)nc3c2CCN(c2cccc4cccc(C)c24)C3)C[C@@H]1CC#N.C=CC(=O)N1CCN(c2nc(OCCCN3CCCCC3)nc3c2CCN(c2cccc4cccc(C)c24)C3)C[C@@H]1CC#N. The lowest BCUT2D eigenvalue weighted by Crippen LogP contribution is -2.55. The van der Waals surface area contributed by atoms with Crippen LogP contribution in [0.4, 0.5) is 34.5 Å². The molecule has 28 heteroatoms. The average molecular weight is 1740 g/mol. The third kappa shape index (κ3) is 20.9. The Morgan fingerprint density at radius 3 is 1.22 bits per heavy atom. The third-order valence-electron chi connectivity index (χ3n) is 26.6. The first-order valence-corrected chi connectivity index (χ1v) is 45.9. The van der Waals surface area contributed by atoms with Crippen molar-refractivity contribution in [1.29, 1.82) is 15.8 Å². The molecule has 3 aromatic heterocycles. The van der Waals surface area contributed by atoms with E-state index in [2.05, 4.69) is 208 Å². The molecule has 11 heterocycles. The van der Waals surface area contributed by atoms with Crippen molar-refractivity contribution in [3.8, 4) is 36.2 Å². The summed E-state index contributed by atoms with van der Waals surface area (Å²) in [7, 11) is 5.58. The summed E-state index contributed by atoms with van der Waals surface area (Å²) in [6, 6.07) is 46.2. The number of carbonyl (C=O) groups excluding carboxylic acids is 4. The van der Waals surface area contributed by atoms with Gasteiger partial charge in [-0.2, -0.15) is 45.7 Å². The predicted molar refractivity (Wildman–Crippen MR) is 506 cm³/mol. The number of nitriles is 3. The van der Waals surface area contributed by atoms with E-state index in [0.717, 1.165) is 116 Å². The number of aromatic nitrogens is 6. The number of rotatable bonds is 24.